The van der Waals surface area contributed by atoms with Crippen LogP contribution < -0.4 is 0 Å². The van der Waals surface area contributed by atoms with Crippen LogP contribution in [0.25, 0.3) is 17.2 Å². The fourth-order valence-corrected chi connectivity index (χ4v) is 2.44. The van der Waals surface area contributed by atoms with Crippen LogP contribution in [0.4, 0.5) is 0 Å². The molecular formula is C17H16. The highest BCUT2D eigenvalue weighted by atomic mass is 14.1. The monoisotopic (exact) mass is 220 g/mol. The molecule has 0 radical (unpaired) electrons. The van der Waals surface area contributed by atoms with E-state index in [-0.39, 0.29) is 0 Å². The lowest BCUT2D eigenvalue weighted by atomic mass is 9.93. The van der Waals surface area contributed by atoms with Crippen LogP contribution in [-0.2, 0) is 6.42 Å². The van der Waals surface area contributed by atoms with Crippen LogP contribution >= 0.6 is 0 Å². The van der Waals surface area contributed by atoms with Gasteiger partial charge in [-0.05, 0) is 42.0 Å². The topological polar surface area (TPSA) is 0 Å². The number of aryl methyl sites for hydroxylation is 2. The van der Waals surface area contributed by atoms with E-state index in [1.54, 1.807) is 0 Å². The predicted octanol–water partition coefficient (Wildman–Crippen LogP) is 4.62. The van der Waals surface area contributed by atoms with Gasteiger partial charge in [-0.2, -0.15) is 0 Å². The van der Waals surface area contributed by atoms with Gasteiger partial charge in [-0.15, -0.1) is 0 Å². The molecule has 1 aliphatic rings. The third-order valence-electron chi connectivity index (χ3n) is 3.37. The fraction of sp³-hybridized carbons (Fsp3) is 0.176. The summed E-state index contributed by atoms with van der Waals surface area (Å²) in [6, 6.07) is 15.5. The molecule has 0 aliphatic heterocycles. The van der Waals surface area contributed by atoms with Crippen molar-refractivity contribution in [3.05, 3.63) is 65.2 Å². The standard InChI is InChI=1S/C17H16/c1-13-5-4-8-15(11-13)17-10-9-14-6-2-3-7-16(14)12-17/h2,4-6,8-12H,3,7H2,1H3. The zero-order chi connectivity index (χ0) is 11.7. The number of hydrogen-bond acceptors (Lipinski definition) is 0. The number of benzene rings is 2. The Bertz CT molecular complexity index is 576. The first-order valence-electron chi connectivity index (χ1n) is 6.19. The number of rotatable bonds is 1. The molecule has 0 bridgehead atoms. The fourth-order valence-electron chi connectivity index (χ4n) is 2.44. The lowest BCUT2D eigenvalue weighted by Crippen LogP contribution is -1.94. The van der Waals surface area contributed by atoms with E-state index in [4.69, 9.17) is 0 Å². The molecule has 0 spiro atoms. The van der Waals surface area contributed by atoms with Crippen molar-refractivity contribution in [3.63, 3.8) is 0 Å². The second kappa shape index (κ2) is 4.21. The second-order valence-corrected chi connectivity index (χ2v) is 4.72. The maximum atomic E-state index is 2.34. The van der Waals surface area contributed by atoms with Gasteiger partial charge in [-0.25, -0.2) is 0 Å². The Morgan fingerprint density at radius 2 is 1.82 bits per heavy atom. The van der Waals surface area contributed by atoms with E-state index in [0.29, 0.717) is 0 Å². The Labute approximate surface area is 103 Å². The summed E-state index contributed by atoms with van der Waals surface area (Å²) in [6.07, 6.45) is 6.84. The van der Waals surface area contributed by atoms with Crippen LogP contribution in [0.2, 0.25) is 0 Å². The number of allylic oxidation sites excluding steroid dienone is 1. The van der Waals surface area contributed by atoms with Crippen molar-refractivity contribution in [2.45, 2.75) is 19.8 Å². The maximum Gasteiger partial charge on any atom is -0.0181 e. The van der Waals surface area contributed by atoms with E-state index < -0.39 is 0 Å². The van der Waals surface area contributed by atoms with Crippen LogP contribution in [-0.4, -0.2) is 0 Å². The van der Waals surface area contributed by atoms with E-state index in [2.05, 4.69) is 61.5 Å². The molecule has 3 rings (SSSR count). The van der Waals surface area contributed by atoms with Gasteiger partial charge in [0.15, 0.2) is 0 Å². The normalized spacial score (nSPS) is 13.5. The minimum absolute atomic E-state index is 1.17. The van der Waals surface area contributed by atoms with Crippen LogP contribution in [0, 0.1) is 6.92 Å². The molecule has 0 unspecified atom stereocenters. The van der Waals surface area contributed by atoms with E-state index in [9.17, 15) is 0 Å². The van der Waals surface area contributed by atoms with Gasteiger partial charge in [0.1, 0.15) is 0 Å². The molecule has 84 valence electrons. The smallest absolute Gasteiger partial charge is 0.0181 e. The largest absolute Gasteiger partial charge is 0.0836 e. The minimum Gasteiger partial charge on any atom is -0.0836 e. The van der Waals surface area contributed by atoms with Gasteiger partial charge in [-0.3, -0.25) is 0 Å². The molecule has 0 saturated carbocycles. The second-order valence-electron chi connectivity index (χ2n) is 4.72. The van der Waals surface area contributed by atoms with Crippen molar-refractivity contribution in [3.8, 4) is 11.1 Å². The summed E-state index contributed by atoms with van der Waals surface area (Å²) >= 11 is 0. The van der Waals surface area contributed by atoms with E-state index in [0.717, 1.165) is 0 Å². The highest BCUT2D eigenvalue weighted by molar-refractivity contribution is 5.69. The predicted molar refractivity (Wildman–Crippen MR) is 74.0 cm³/mol. The summed E-state index contributed by atoms with van der Waals surface area (Å²) < 4.78 is 0. The third kappa shape index (κ3) is 2.03. The van der Waals surface area contributed by atoms with Crippen molar-refractivity contribution >= 4 is 6.08 Å². The first-order valence-corrected chi connectivity index (χ1v) is 6.19. The summed E-state index contributed by atoms with van der Waals surface area (Å²) in [7, 11) is 0. The van der Waals surface area contributed by atoms with Crippen molar-refractivity contribution in [1.29, 1.82) is 0 Å². The molecule has 0 amide bonds. The summed E-state index contributed by atoms with van der Waals surface area (Å²) in [5.74, 6) is 0. The van der Waals surface area contributed by atoms with Crippen molar-refractivity contribution in [1.82, 2.24) is 0 Å². The summed E-state index contributed by atoms with van der Waals surface area (Å²) in [5.41, 5.74) is 6.84. The molecule has 0 nitrogen and oxygen atoms in total. The van der Waals surface area contributed by atoms with E-state index >= 15 is 0 Å². The summed E-state index contributed by atoms with van der Waals surface area (Å²) in [6.45, 7) is 2.14. The van der Waals surface area contributed by atoms with Gasteiger partial charge in [-0.1, -0.05) is 60.2 Å². The summed E-state index contributed by atoms with van der Waals surface area (Å²) in [5, 5.41) is 0. The number of fused-ring (bicyclic) bond motifs is 1. The first kappa shape index (κ1) is 10.3. The van der Waals surface area contributed by atoms with Gasteiger partial charge in [0.2, 0.25) is 0 Å². The average molecular weight is 220 g/mol. The molecule has 0 N–H and O–H groups in total. The van der Waals surface area contributed by atoms with Gasteiger partial charge >= 0.3 is 0 Å². The van der Waals surface area contributed by atoms with Crippen molar-refractivity contribution < 1.29 is 0 Å². The molecule has 0 heterocycles. The minimum atomic E-state index is 1.17. The molecule has 2 aromatic rings. The number of hydrogen-bond donors (Lipinski definition) is 0. The zero-order valence-corrected chi connectivity index (χ0v) is 10.1. The maximum absolute atomic E-state index is 2.34. The molecular weight excluding hydrogens is 204 g/mol. The van der Waals surface area contributed by atoms with Crippen molar-refractivity contribution in [2.24, 2.45) is 0 Å². The van der Waals surface area contributed by atoms with Crippen LogP contribution in [0.1, 0.15) is 23.1 Å². The van der Waals surface area contributed by atoms with Crippen LogP contribution in [0.15, 0.2) is 48.5 Å². The van der Waals surface area contributed by atoms with Crippen molar-refractivity contribution in [2.75, 3.05) is 0 Å². The average Bonchev–Trinajstić information content (AvgIpc) is 2.38. The van der Waals surface area contributed by atoms with Crippen LogP contribution in [0.3, 0.4) is 0 Å². The molecule has 0 aromatic heterocycles. The Morgan fingerprint density at radius 3 is 2.71 bits per heavy atom. The lowest BCUT2D eigenvalue weighted by molar-refractivity contribution is 0.986. The third-order valence-corrected chi connectivity index (χ3v) is 3.37. The highest BCUT2D eigenvalue weighted by Gasteiger charge is 2.06. The molecule has 0 saturated heterocycles. The molecule has 2 aromatic carbocycles. The summed E-state index contributed by atoms with van der Waals surface area (Å²) in [4.78, 5) is 0. The van der Waals surface area contributed by atoms with E-state index in [1.807, 2.05) is 0 Å². The van der Waals surface area contributed by atoms with Crippen LogP contribution in [0.5, 0.6) is 0 Å². The Balaban J connectivity index is 2.07. The van der Waals surface area contributed by atoms with Gasteiger partial charge in [0, 0.05) is 0 Å². The Morgan fingerprint density at radius 1 is 0.941 bits per heavy atom. The molecule has 0 fully saturated rings. The quantitative estimate of drug-likeness (QED) is 0.657. The van der Waals surface area contributed by atoms with Gasteiger partial charge in [0.05, 0.1) is 0 Å². The zero-order valence-electron chi connectivity index (χ0n) is 10.1. The lowest BCUT2D eigenvalue weighted by Gasteiger charge is -2.12. The molecule has 17 heavy (non-hydrogen) atoms. The molecule has 0 atom stereocenters. The molecule has 0 heteroatoms. The van der Waals surface area contributed by atoms with Gasteiger partial charge < -0.3 is 0 Å². The highest BCUT2D eigenvalue weighted by Crippen LogP contribution is 2.26. The van der Waals surface area contributed by atoms with Gasteiger partial charge in [0.25, 0.3) is 0 Å². The van der Waals surface area contributed by atoms with E-state index in [1.165, 1.54) is 40.7 Å². The Kier molecular flexibility index (Phi) is 2.56. The SMILES string of the molecule is Cc1cccc(-c2ccc3c(c2)CCC=C3)c1. The molecule has 1 aliphatic carbocycles. The first-order chi connectivity index (χ1) is 8.33. The Hall–Kier alpha value is -1.82.